The summed E-state index contributed by atoms with van der Waals surface area (Å²) < 4.78 is 12.0. The first-order valence-corrected chi connectivity index (χ1v) is 7.70. The normalized spacial score (nSPS) is 57.8. The number of fused-ring (bicyclic) bond motifs is 2. The van der Waals surface area contributed by atoms with Gasteiger partial charge in [-0.3, -0.25) is 0 Å². The molecule has 1 saturated carbocycles. The molecule has 5 nitrogen and oxygen atoms in total. The highest BCUT2D eigenvalue weighted by Crippen LogP contribution is 2.59. The van der Waals surface area contributed by atoms with Crippen LogP contribution in [0.25, 0.3) is 0 Å². The van der Waals surface area contributed by atoms with Crippen molar-refractivity contribution in [3.05, 3.63) is 0 Å². The Hall–Kier alpha value is -0.490. The van der Waals surface area contributed by atoms with Gasteiger partial charge in [-0.15, -0.1) is 0 Å². The van der Waals surface area contributed by atoms with Crippen LogP contribution in [-0.4, -0.2) is 30.6 Å². The molecule has 1 aliphatic carbocycles. The lowest BCUT2D eigenvalue weighted by atomic mass is 9.58. The molecule has 0 radical (unpaired) electrons. The summed E-state index contributed by atoms with van der Waals surface area (Å²) >= 11 is 0. The molecule has 4 aliphatic heterocycles. The minimum atomic E-state index is -0.717. The molecule has 2 bridgehead atoms. The van der Waals surface area contributed by atoms with E-state index in [1.165, 1.54) is 0 Å². The zero-order chi connectivity index (χ0) is 14.0. The first-order valence-electron chi connectivity index (χ1n) is 7.70. The SMILES string of the molecule is C[C@@H]1CC[C@H]2[C@H](C=O)CO[C@@H]3O[C@]4(C)CC[C@@H]1[C@]32OO4. The summed E-state index contributed by atoms with van der Waals surface area (Å²) in [5, 5.41) is 0. The Morgan fingerprint density at radius 2 is 2.00 bits per heavy atom. The Balaban J connectivity index is 1.81. The van der Waals surface area contributed by atoms with Gasteiger partial charge in [-0.25, -0.2) is 9.78 Å². The first-order chi connectivity index (χ1) is 9.59. The van der Waals surface area contributed by atoms with E-state index in [2.05, 4.69) is 6.92 Å². The molecular weight excluding hydrogens is 260 g/mol. The Labute approximate surface area is 118 Å². The highest BCUT2D eigenvalue weighted by Gasteiger charge is 2.68. The van der Waals surface area contributed by atoms with E-state index in [4.69, 9.17) is 19.2 Å². The van der Waals surface area contributed by atoms with Crippen LogP contribution >= 0.6 is 0 Å². The molecular formula is C15H22O5. The van der Waals surface area contributed by atoms with Crippen molar-refractivity contribution in [3.8, 4) is 0 Å². The molecule has 5 heteroatoms. The van der Waals surface area contributed by atoms with Crippen LogP contribution in [0.2, 0.25) is 0 Å². The fraction of sp³-hybridized carbons (Fsp3) is 0.933. The fourth-order valence-electron chi connectivity index (χ4n) is 4.79. The third kappa shape index (κ3) is 1.55. The molecule has 0 aromatic rings. The summed E-state index contributed by atoms with van der Waals surface area (Å²) in [6.45, 7) is 4.61. The van der Waals surface area contributed by atoms with Crippen molar-refractivity contribution in [2.45, 2.75) is 57.2 Å². The van der Waals surface area contributed by atoms with E-state index in [1.54, 1.807) is 0 Å². The van der Waals surface area contributed by atoms with Gasteiger partial charge in [0, 0.05) is 18.3 Å². The van der Waals surface area contributed by atoms with Crippen LogP contribution < -0.4 is 0 Å². The van der Waals surface area contributed by atoms with Crippen molar-refractivity contribution in [2.75, 3.05) is 6.61 Å². The van der Waals surface area contributed by atoms with E-state index in [-0.39, 0.29) is 11.8 Å². The summed E-state index contributed by atoms with van der Waals surface area (Å²) in [6, 6.07) is 0. The summed E-state index contributed by atoms with van der Waals surface area (Å²) in [4.78, 5) is 23.0. The smallest absolute Gasteiger partial charge is 0.201 e. The van der Waals surface area contributed by atoms with Crippen molar-refractivity contribution >= 4 is 6.29 Å². The molecule has 0 aromatic heterocycles. The van der Waals surface area contributed by atoms with E-state index >= 15 is 0 Å². The van der Waals surface area contributed by atoms with Crippen LogP contribution in [0, 0.1) is 23.7 Å². The Kier molecular flexibility index (Phi) is 2.81. The number of ether oxygens (including phenoxy) is 2. The number of rotatable bonds is 1. The highest BCUT2D eigenvalue weighted by atomic mass is 17.3. The molecule has 5 fully saturated rings. The summed E-state index contributed by atoms with van der Waals surface area (Å²) in [5.74, 6) is 0.179. The molecule has 1 spiro atoms. The number of carbonyl (C=O) groups is 1. The Morgan fingerprint density at radius 3 is 2.80 bits per heavy atom. The molecule has 0 amide bonds. The molecule has 0 unspecified atom stereocenters. The van der Waals surface area contributed by atoms with Crippen LogP contribution in [-0.2, 0) is 24.0 Å². The number of aldehydes is 1. The molecule has 7 atom stereocenters. The van der Waals surface area contributed by atoms with Gasteiger partial charge in [-0.1, -0.05) is 6.92 Å². The summed E-state index contributed by atoms with van der Waals surface area (Å²) in [6.07, 6.45) is 4.53. The molecule has 4 heterocycles. The lowest BCUT2D eigenvalue weighted by Gasteiger charge is -2.58. The average molecular weight is 282 g/mol. The van der Waals surface area contributed by atoms with E-state index in [1.807, 2.05) is 6.92 Å². The van der Waals surface area contributed by atoms with Crippen LogP contribution in [0.1, 0.15) is 39.5 Å². The standard InChI is InChI=1S/C15H22O5/c1-9-3-4-12-10(7-16)8-17-13-15(12)11(9)5-6-14(2,18-13)19-20-15/h7,9-13H,3-6,8H2,1-2H3/t9-,10-,11+,12+,13-,14+,15-/m1/s1. The van der Waals surface area contributed by atoms with E-state index < -0.39 is 17.7 Å². The van der Waals surface area contributed by atoms with E-state index in [0.717, 1.165) is 32.0 Å². The van der Waals surface area contributed by atoms with Crippen LogP contribution in [0.4, 0.5) is 0 Å². The van der Waals surface area contributed by atoms with Crippen LogP contribution in [0.15, 0.2) is 0 Å². The monoisotopic (exact) mass is 282 g/mol. The maximum atomic E-state index is 11.4. The molecule has 4 saturated heterocycles. The van der Waals surface area contributed by atoms with E-state index in [9.17, 15) is 4.79 Å². The molecule has 5 aliphatic rings. The van der Waals surface area contributed by atoms with Gasteiger partial charge in [0.15, 0.2) is 11.9 Å². The molecule has 0 aromatic carbocycles. The lowest BCUT2D eigenvalue weighted by molar-refractivity contribution is -0.566. The minimum absolute atomic E-state index is 0.115. The number of hydrogen-bond donors (Lipinski definition) is 0. The maximum Gasteiger partial charge on any atom is 0.201 e. The Morgan fingerprint density at radius 1 is 1.15 bits per heavy atom. The number of hydrogen-bond acceptors (Lipinski definition) is 5. The van der Waals surface area contributed by atoms with Crippen molar-refractivity contribution in [1.29, 1.82) is 0 Å². The number of carbonyl (C=O) groups excluding carboxylic acids is 1. The van der Waals surface area contributed by atoms with E-state index in [0.29, 0.717) is 18.4 Å². The minimum Gasteiger partial charge on any atom is -0.349 e. The quantitative estimate of drug-likeness (QED) is 0.544. The fourth-order valence-corrected chi connectivity index (χ4v) is 4.79. The van der Waals surface area contributed by atoms with Gasteiger partial charge in [0.05, 0.1) is 6.61 Å². The maximum absolute atomic E-state index is 11.4. The second kappa shape index (κ2) is 4.26. The zero-order valence-corrected chi connectivity index (χ0v) is 12.0. The predicted octanol–water partition coefficient (Wildman–Crippen LogP) is 2.05. The largest absolute Gasteiger partial charge is 0.349 e. The van der Waals surface area contributed by atoms with Crippen LogP contribution in [0.3, 0.4) is 0 Å². The predicted molar refractivity (Wildman–Crippen MR) is 68.3 cm³/mol. The van der Waals surface area contributed by atoms with Gasteiger partial charge in [-0.2, -0.15) is 0 Å². The van der Waals surface area contributed by atoms with Gasteiger partial charge in [0.25, 0.3) is 0 Å². The molecule has 20 heavy (non-hydrogen) atoms. The third-order valence-electron chi connectivity index (χ3n) is 5.91. The van der Waals surface area contributed by atoms with Gasteiger partial charge in [0.2, 0.25) is 5.79 Å². The molecule has 5 rings (SSSR count). The zero-order valence-electron chi connectivity index (χ0n) is 12.0. The summed E-state index contributed by atoms with van der Waals surface area (Å²) in [7, 11) is 0. The van der Waals surface area contributed by atoms with Gasteiger partial charge < -0.3 is 14.3 Å². The third-order valence-corrected chi connectivity index (χ3v) is 5.91. The second-order valence-electron chi connectivity index (χ2n) is 7.04. The van der Waals surface area contributed by atoms with Gasteiger partial charge in [-0.05, 0) is 38.0 Å². The van der Waals surface area contributed by atoms with Gasteiger partial charge in [0.1, 0.15) is 6.29 Å². The van der Waals surface area contributed by atoms with Crippen molar-refractivity contribution in [3.63, 3.8) is 0 Å². The molecule has 112 valence electrons. The Bertz CT molecular complexity index is 426. The topological polar surface area (TPSA) is 54.0 Å². The second-order valence-corrected chi connectivity index (χ2v) is 7.04. The van der Waals surface area contributed by atoms with Crippen molar-refractivity contribution in [2.24, 2.45) is 23.7 Å². The average Bonchev–Trinajstić information content (AvgIpc) is 2.67. The molecule has 0 N–H and O–H groups in total. The lowest BCUT2D eigenvalue weighted by Crippen LogP contribution is -2.69. The van der Waals surface area contributed by atoms with Gasteiger partial charge >= 0.3 is 0 Å². The van der Waals surface area contributed by atoms with Crippen molar-refractivity contribution < 1.29 is 24.0 Å². The summed E-state index contributed by atoms with van der Waals surface area (Å²) in [5.41, 5.74) is -0.600. The van der Waals surface area contributed by atoms with Crippen LogP contribution in [0.5, 0.6) is 0 Å². The highest BCUT2D eigenvalue weighted by molar-refractivity contribution is 5.55. The first kappa shape index (κ1) is 13.2. The van der Waals surface area contributed by atoms with Crippen molar-refractivity contribution in [1.82, 2.24) is 0 Å².